The van der Waals surface area contributed by atoms with Gasteiger partial charge < -0.3 is 14.7 Å². The van der Waals surface area contributed by atoms with Crippen molar-refractivity contribution in [3.63, 3.8) is 0 Å². The molecule has 0 aromatic heterocycles. The summed E-state index contributed by atoms with van der Waals surface area (Å²) in [6.07, 6.45) is 1.35. The molecule has 1 aliphatic heterocycles. The maximum Gasteiger partial charge on any atom is 0.308 e. The lowest BCUT2D eigenvalue weighted by Crippen LogP contribution is -2.40. The topological polar surface area (TPSA) is 66.8 Å². The van der Waals surface area contributed by atoms with Gasteiger partial charge in [-0.2, -0.15) is 0 Å². The molecule has 1 N–H and O–H groups in total. The molecule has 0 aromatic carbocycles. The summed E-state index contributed by atoms with van der Waals surface area (Å²) >= 11 is 0. The van der Waals surface area contributed by atoms with Crippen molar-refractivity contribution in [3.05, 3.63) is 0 Å². The number of ether oxygens (including phenoxy) is 1. The van der Waals surface area contributed by atoms with E-state index in [1.165, 1.54) is 4.90 Å². The number of carbonyl (C=O) groups excluding carboxylic acids is 1. The van der Waals surface area contributed by atoms with E-state index in [1.54, 1.807) is 14.0 Å². The molecule has 5 heteroatoms. The molecule has 1 rings (SSSR count). The van der Waals surface area contributed by atoms with Crippen LogP contribution in [0.5, 0.6) is 0 Å². The number of amides is 1. The number of carbonyl (C=O) groups is 2. The Morgan fingerprint density at radius 1 is 1.50 bits per heavy atom. The van der Waals surface area contributed by atoms with Crippen LogP contribution in [0.2, 0.25) is 0 Å². The van der Waals surface area contributed by atoms with Crippen molar-refractivity contribution in [2.45, 2.75) is 38.9 Å². The SMILES string of the molecule is CC(CN(C)C(=O)[C@@H]1CC[C@H](C)O1)C(=O)O. The fraction of sp³-hybridized carbons (Fsp3) is 0.818. The first kappa shape index (κ1) is 13.0. The zero-order chi connectivity index (χ0) is 12.3. The van der Waals surface area contributed by atoms with Crippen molar-refractivity contribution < 1.29 is 19.4 Å². The molecule has 0 aliphatic carbocycles. The van der Waals surface area contributed by atoms with Crippen LogP contribution < -0.4 is 0 Å². The van der Waals surface area contributed by atoms with E-state index in [0.717, 1.165) is 12.8 Å². The third-order valence-electron chi connectivity index (χ3n) is 2.85. The molecule has 0 aromatic rings. The molecule has 1 aliphatic rings. The lowest BCUT2D eigenvalue weighted by Gasteiger charge is -2.22. The van der Waals surface area contributed by atoms with Gasteiger partial charge in [0.2, 0.25) is 0 Å². The summed E-state index contributed by atoms with van der Waals surface area (Å²) in [6, 6.07) is 0. The number of hydrogen-bond acceptors (Lipinski definition) is 3. The van der Waals surface area contributed by atoms with Crippen LogP contribution in [0, 0.1) is 5.92 Å². The minimum absolute atomic E-state index is 0.113. The Kier molecular flexibility index (Phi) is 4.29. The van der Waals surface area contributed by atoms with Gasteiger partial charge in [-0.15, -0.1) is 0 Å². The van der Waals surface area contributed by atoms with E-state index in [0.29, 0.717) is 0 Å². The van der Waals surface area contributed by atoms with Gasteiger partial charge in [0.15, 0.2) is 0 Å². The Balaban J connectivity index is 2.44. The third kappa shape index (κ3) is 3.20. The highest BCUT2D eigenvalue weighted by atomic mass is 16.5. The van der Waals surface area contributed by atoms with Crippen LogP contribution in [0.4, 0.5) is 0 Å². The Morgan fingerprint density at radius 2 is 2.12 bits per heavy atom. The number of aliphatic carboxylic acids is 1. The predicted molar refractivity (Wildman–Crippen MR) is 58.0 cm³/mol. The standard InChI is InChI=1S/C11H19NO4/c1-7(11(14)15)6-12(3)10(13)9-5-4-8(2)16-9/h7-9H,4-6H2,1-3H3,(H,14,15)/t7?,8-,9-/m0/s1. The first-order valence-electron chi connectivity index (χ1n) is 5.55. The Labute approximate surface area is 95.4 Å². The Morgan fingerprint density at radius 3 is 2.56 bits per heavy atom. The number of hydrogen-bond donors (Lipinski definition) is 1. The molecule has 92 valence electrons. The first-order valence-corrected chi connectivity index (χ1v) is 5.55. The second kappa shape index (κ2) is 5.30. The molecule has 1 unspecified atom stereocenters. The average molecular weight is 229 g/mol. The zero-order valence-corrected chi connectivity index (χ0v) is 9.97. The summed E-state index contributed by atoms with van der Waals surface area (Å²) in [7, 11) is 1.62. The fourth-order valence-electron chi connectivity index (χ4n) is 1.81. The Bertz CT molecular complexity index is 279. The molecule has 1 fully saturated rings. The van der Waals surface area contributed by atoms with Crippen LogP contribution in [0.15, 0.2) is 0 Å². The highest BCUT2D eigenvalue weighted by Gasteiger charge is 2.31. The molecule has 5 nitrogen and oxygen atoms in total. The Hall–Kier alpha value is -1.10. The number of rotatable bonds is 4. The molecule has 0 spiro atoms. The number of likely N-dealkylation sites (N-methyl/N-ethyl adjacent to an activating group) is 1. The van der Waals surface area contributed by atoms with E-state index >= 15 is 0 Å². The van der Waals surface area contributed by atoms with Crippen molar-refractivity contribution in [3.8, 4) is 0 Å². The van der Waals surface area contributed by atoms with Gasteiger partial charge in [-0.05, 0) is 19.8 Å². The van der Waals surface area contributed by atoms with E-state index in [4.69, 9.17) is 9.84 Å². The van der Waals surface area contributed by atoms with Crippen molar-refractivity contribution in [2.24, 2.45) is 5.92 Å². The predicted octanol–water partition coefficient (Wildman–Crippen LogP) is 0.733. The van der Waals surface area contributed by atoms with Crippen molar-refractivity contribution in [2.75, 3.05) is 13.6 Å². The third-order valence-corrected chi connectivity index (χ3v) is 2.85. The molecule has 1 amide bonds. The van der Waals surface area contributed by atoms with Gasteiger partial charge in [0.1, 0.15) is 6.10 Å². The molecule has 0 bridgehead atoms. The van der Waals surface area contributed by atoms with E-state index in [1.807, 2.05) is 6.92 Å². The van der Waals surface area contributed by atoms with Gasteiger partial charge in [0.05, 0.1) is 12.0 Å². The van der Waals surface area contributed by atoms with Crippen LogP contribution in [0.25, 0.3) is 0 Å². The van der Waals surface area contributed by atoms with Crippen molar-refractivity contribution in [1.29, 1.82) is 0 Å². The summed E-state index contributed by atoms with van der Waals surface area (Å²) in [6.45, 7) is 3.75. The number of carboxylic acid groups (broad SMARTS) is 1. The normalized spacial score (nSPS) is 26.4. The summed E-state index contributed by atoms with van der Waals surface area (Å²) in [5.74, 6) is -1.55. The minimum Gasteiger partial charge on any atom is -0.481 e. The van der Waals surface area contributed by atoms with Gasteiger partial charge >= 0.3 is 5.97 Å². The second-order valence-corrected chi connectivity index (χ2v) is 4.47. The first-order chi connectivity index (χ1) is 7.41. The van der Waals surface area contributed by atoms with Gasteiger partial charge in [-0.25, -0.2) is 0 Å². The molecule has 3 atom stereocenters. The monoisotopic (exact) mass is 229 g/mol. The van der Waals surface area contributed by atoms with Crippen LogP contribution in [-0.2, 0) is 14.3 Å². The van der Waals surface area contributed by atoms with Crippen LogP contribution in [0.3, 0.4) is 0 Å². The lowest BCUT2D eigenvalue weighted by atomic mass is 10.1. The van der Waals surface area contributed by atoms with E-state index in [2.05, 4.69) is 0 Å². The highest BCUT2D eigenvalue weighted by Crippen LogP contribution is 2.20. The number of nitrogens with zero attached hydrogens (tertiary/aromatic N) is 1. The van der Waals surface area contributed by atoms with Gasteiger partial charge in [-0.3, -0.25) is 9.59 Å². The number of carboxylic acids is 1. The summed E-state index contributed by atoms with van der Waals surface area (Å²) in [5.41, 5.74) is 0. The molecule has 1 heterocycles. The van der Waals surface area contributed by atoms with Crippen LogP contribution >= 0.6 is 0 Å². The minimum atomic E-state index is -0.889. The van der Waals surface area contributed by atoms with Crippen molar-refractivity contribution >= 4 is 11.9 Å². The second-order valence-electron chi connectivity index (χ2n) is 4.47. The molecular weight excluding hydrogens is 210 g/mol. The van der Waals surface area contributed by atoms with E-state index in [9.17, 15) is 9.59 Å². The van der Waals surface area contributed by atoms with E-state index < -0.39 is 11.9 Å². The fourth-order valence-corrected chi connectivity index (χ4v) is 1.81. The van der Waals surface area contributed by atoms with Gasteiger partial charge in [0, 0.05) is 13.6 Å². The molecule has 16 heavy (non-hydrogen) atoms. The zero-order valence-electron chi connectivity index (χ0n) is 9.97. The highest BCUT2D eigenvalue weighted by molar-refractivity contribution is 5.81. The maximum atomic E-state index is 11.9. The van der Waals surface area contributed by atoms with Gasteiger partial charge in [-0.1, -0.05) is 6.92 Å². The van der Waals surface area contributed by atoms with Crippen LogP contribution in [-0.4, -0.2) is 47.7 Å². The molecular formula is C11H19NO4. The largest absolute Gasteiger partial charge is 0.481 e. The van der Waals surface area contributed by atoms with Gasteiger partial charge in [0.25, 0.3) is 5.91 Å². The lowest BCUT2D eigenvalue weighted by molar-refractivity contribution is -0.145. The van der Waals surface area contributed by atoms with E-state index in [-0.39, 0.29) is 24.7 Å². The molecule has 1 saturated heterocycles. The average Bonchev–Trinajstić information content (AvgIpc) is 2.63. The molecule has 0 radical (unpaired) electrons. The summed E-state index contributed by atoms with van der Waals surface area (Å²) < 4.78 is 5.45. The quantitative estimate of drug-likeness (QED) is 0.771. The van der Waals surface area contributed by atoms with Crippen molar-refractivity contribution in [1.82, 2.24) is 4.90 Å². The maximum absolute atomic E-state index is 11.9. The smallest absolute Gasteiger partial charge is 0.308 e. The molecule has 0 saturated carbocycles. The van der Waals surface area contributed by atoms with Crippen LogP contribution in [0.1, 0.15) is 26.7 Å². The summed E-state index contributed by atoms with van der Waals surface area (Å²) in [5, 5.41) is 8.75. The summed E-state index contributed by atoms with van der Waals surface area (Å²) in [4.78, 5) is 24.0.